The van der Waals surface area contributed by atoms with Crippen molar-refractivity contribution in [1.82, 2.24) is 0 Å². The number of ketones is 1. The van der Waals surface area contributed by atoms with E-state index < -0.39 is 0 Å². The highest BCUT2D eigenvalue weighted by Crippen LogP contribution is 2.60. The Labute approximate surface area is 112 Å². The number of hydrogen-bond donors (Lipinski definition) is 0. The number of carbonyl (C=O) groups is 1. The lowest BCUT2D eigenvalue weighted by atomic mass is 9.48. The predicted molar refractivity (Wildman–Crippen MR) is 74.3 cm³/mol. The Balaban J connectivity index is 1.73. The molecule has 4 aliphatic carbocycles. The highest BCUT2D eigenvalue weighted by molar-refractivity contribution is 5.85. The number of carbonyl (C=O) groups excluding carboxylic acids is 1. The number of rotatable bonds is 5. The molecule has 4 aliphatic rings. The van der Waals surface area contributed by atoms with Crippen molar-refractivity contribution in [3.05, 3.63) is 0 Å². The zero-order valence-corrected chi connectivity index (χ0v) is 12.1. The van der Waals surface area contributed by atoms with Gasteiger partial charge < -0.3 is 0 Å². The summed E-state index contributed by atoms with van der Waals surface area (Å²) < 4.78 is 0. The van der Waals surface area contributed by atoms with Crippen LogP contribution in [0.2, 0.25) is 0 Å². The average molecular weight is 248 g/mol. The minimum atomic E-state index is 0.150. The first-order chi connectivity index (χ1) is 8.65. The molecule has 0 aromatic carbocycles. The molecule has 102 valence electrons. The molecular formula is C17H28O. The van der Waals surface area contributed by atoms with Crippen LogP contribution in [0.4, 0.5) is 0 Å². The van der Waals surface area contributed by atoms with Crippen molar-refractivity contribution in [2.24, 2.45) is 29.1 Å². The van der Waals surface area contributed by atoms with Gasteiger partial charge in [0, 0.05) is 11.8 Å². The highest BCUT2D eigenvalue weighted by Gasteiger charge is 2.54. The van der Waals surface area contributed by atoms with Gasteiger partial charge in [-0.25, -0.2) is 0 Å². The predicted octanol–water partition coefficient (Wildman–Crippen LogP) is 4.60. The largest absolute Gasteiger partial charge is 0.299 e. The molecule has 0 spiro atoms. The van der Waals surface area contributed by atoms with Gasteiger partial charge in [0.05, 0.1) is 0 Å². The summed E-state index contributed by atoms with van der Waals surface area (Å²) in [7, 11) is 0. The summed E-state index contributed by atoms with van der Waals surface area (Å²) in [6, 6.07) is 0. The summed E-state index contributed by atoms with van der Waals surface area (Å²) in [6.45, 7) is 4.47. The van der Waals surface area contributed by atoms with Crippen molar-refractivity contribution in [2.45, 2.75) is 71.6 Å². The van der Waals surface area contributed by atoms with Crippen molar-refractivity contribution in [1.29, 1.82) is 0 Å². The Morgan fingerprint density at radius 1 is 1.00 bits per heavy atom. The molecule has 0 amide bonds. The van der Waals surface area contributed by atoms with Crippen molar-refractivity contribution >= 4 is 5.78 Å². The highest BCUT2D eigenvalue weighted by atomic mass is 16.1. The molecular weight excluding hydrogens is 220 g/mol. The Morgan fingerprint density at radius 2 is 1.44 bits per heavy atom. The second-order valence-corrected chi connectivity index (χ2v) is 7.51. The molecule has 0 heterocycles. The van der Waals surface area contributed by atoms with Crippen molar-refractivity contribution < 1.29 is 4.79 Å². The third-order valence-electron chi connectivity index (χ3n) is 6.26. The Kier molecular flexibility index (Phi) is 3.28. The van der Waals surface area contributed by atoms with Crippen LogP contribution >= 0.6 is 0 Å². The SMILES string of the molecule is CCC(CC)CC(=O)C12CC3CC(CC(C3)C1)C2. The van der Waals surface area contributed by atoms with Crippen LogP contribution in [0.1, 0.15) is 71.6 Å². The summed E-state index contributed by atoms with van der Waals surface area (Å²) in [4.78, 5) is 12.8. The molecule has 0 saturated heterocycles. The molecule has 1 nitrogen and oxygen atoms in total. The fourth-order valence-corrected chi connectivity index (χ4v) is 5.51. The molecule has 0 atom stereocenters. The summed E-state index contributed by atoms with van der Waals surface area (Å²) in [5.74, 6) is 4.01. The topological polar surface area (TPSA) is 17.1 Å². The molecule has 0 N–H and O–H groups in total. The van der Waals surface area contributed by atoms with Gasteiger partial charge in [0.2, 0.25) is 0 Å². The molecule has 4 saturated carbocycles. The van der Waals surface area contributed by atoms with E-state index >= 15 is 0 Å². The van der Waals surface area contributed by atoms with Gasteiger partial charge in [-0.2, -0.15) is 0 Å². The summed E-state index contributed by atoms with van der Waals surface area (Å²) >= 11 is 0. The zero-order chi connectivity index (χ0) is 12.8. The monoisotopic (exact) mass is 248 g/mol. The molecule has 0 aromatic heterocycles. The second kappa shape index (κ2) is 4.65. The van der Waals surface area contributed by atoms with Crippen LogP contribution in [-0.2, 0) is 4.79 Å². The molecule has 4 fully saturated rings. The lowest BCUT2D eigenvalue weighted by Gasteiger charge is -2.56. The number of hydrogen-bond acceptors (Lipinski definition) is 1. The van der Waals surface area contributed by atoms with Crippen LogP contribution in [-0.4, -0.2) is 5.78 Å². The van der Waals surface area contributed by atoms with E-state index in [0.717, 1.165) is 24.2 Å². The van der Waals surface area contributed by atoms with Crippen molar-refractivity contribution in [3.63, 3.8) is 0 Å². The average Bonchev–Trinajstić information content (AvgIpc) is 2.34. The van der Waals surface area contributed by atoms with Crippen LogP contribution in [0.15, 0.2) is 0 Å². The van der Waals surface area contributed by atoms with Crippen LogP contribution in [0.5, 0.6) is 0 Å². The van der Waals surface area contributed by atoms with E-state index in [1.807, 2.05) is 0 Å². The Hall–Kier alpha value is -0.330. The minimum Gasteiger partial charge on any atom is -0.299 e. The van der Waals surface area contributed by atoms with Gasteiger partial charge in [0.25, 0.3) is 0 Å². The van der Waals surface area contributed by atoms with E-state index in [2.05, 4.69) is 13.8 Å². The minimum absolute atomic E-state index is 0.150. The Morgan fingerprint density at radius 3 is 1.83 bits per heavy atom. The normalized spacial score (nSPS) is 41.6. The van der Waals surface area contributed by atoms with Crippen molar-refractivity contribution in [3.8, 4) is 0 Å². The first-order valence-corrected chi connectivity index (χ1v) is 8.18. The molecule has 4 bridgehead atoms. The first-order valence-electron chi connectivity index (χ1n) is 8.18. The van der Waals surface area contributed by atoms with E-state index in [-0.39, 0.29) is 5.41 Å². The quantitative estimate of drug-likeness (QED) is 0.695. The van der Waals surface area contributed by atoms with Crippen LogP contribution in [0, 0.1) is 29.1 Å². The van der Waals surface area contributed by atoms with Crippen LogP contribution < -0.4 is 0 Å². The second-order valence-electron chi connectivity index (χ2n) is 7.51. The molecule has 0 radical (unpaired) electrons. The van der Waals surface area contributed by atoms with E-state index in [0.29, 0.717) is 11.7 Å². The summed E-state index contributed by atoms with van der Waals surface area (Å²) in [5, 5.41) is 0. The Bertz CT molecular complexity index is 291. The third kappa shape index (κ3) is 2.04. The van der Waals surface area contributed by atoms with Gasteiger partial charge in [-0.15, -0.1) is 0 Å². The zero-order valence-electron chi connectivity index (χ0n) is 12.1. The van der Waals surface area contributed by atoms with Gasteiger partial charge in [-0.3, -0.25) is 4.79 Å². The van der Waals surface area contributed by atoms with Gasteiger partial charge in [-0.05, 0) is 62.2 Å². The van der Waals surface area contributed by atoms with Crippen molar-refractivity contribution in [2.75, 3.05) is 0 Å². The fourth-order valence-electron chi connectivity index (χ4n) is 5.51. The molecule has 0 unspecified atom stereocenters. The van der Waals surface area contributed by atoms with Gasteiger partial charge in [0.15, 0.2) is 0 Å². The van der Waals surface area contributed by atoms with Crippen LogP contribution in [0.3, 0.4) is 0 Å². The maximum Gasteiger partial charge on any atom is 0.139 e. The van der Waals surface area contributed by atoms with E-state index in [9.17, 15) is 4.79 Å². The van der Waals surface area contributed by atoms with E-state index in [1.165, 1.54) is 51.4 Å². The summed E-state index contributed by atoms with van der Waals surface area (Å²) in [5.41, 5.74) is 0.150. The molecule has 4 rings (SSSR count). The van der Waals surface area contributed by atoms with Gasteiger partial charge in [-0.1, -0.05) is 26.7 Å². The molecule has 0 aromatic rings. The molecule has 1 heteroatoms. The third-order valence-corrected chi connectivity index (χ3v) is 6.26. The first kappa shape index (κ1) is 12.7. The molecule has 0 aliphatic heterocycles. The van der Waals surface area contributed by atoms with Gasteiger partial charge >= 0.3 is 0 Å². The lowest BCUT2D eigenvalue weighted by molar-refractivity contribution is -0.144. The van der Waals surface area contributed by atoms with Gasteiger partial charge in [0.1, 0.15) is 5.78 Å². The summed E-state index contributed by atoms with van der Waals surface area (Å²) in [6.07, 6.45) is 11.3. The molecule has 18 heavy (non-hydrogen) atoms. The maximum absolute atomic E-state index is 12.8. The van der Waals surface area contributed by atoms with E-state index in [4.69, 9.17) is 0 Å². The maximum atomic E-state index is 12.8. The number of Topliss-reactive ketones (excluding diaryl/α,β-unsaturated/α-hetero) is 1. The standard InChI is InChI=1S/C17H28O/c1-3-12(4-2)8-16(18)17-9-13-5-14(10-17)7-15(6-13)11-17/h12-15H,3-11H2,1-2H3. The smallest absolute Gasteiger partial charge is 0.139 e. The fraction of sp³-hybridized carbons (Fsp3) is 0.941. The lowest BCUT2D eigenvalue weighted by Crippen LogP contribution is -2.50. The van der Waals surface area contributed by atoms with E-state index in [1.54, 1.807) is 0 Å². The van der Waals surface area contributed by atoms with Crippen LogP contribution in [0.25, 0.3) is 0 Å².